The van der Waals surface area contributed by atoms with Gasteiger partial charge in [-0.2, -0.15) is 0 Å². The second-order valence-corrected chi connectivity index (χ2v) is 22.8. The monoisotopic (exact) mass is 1450 g/mol. The second-order valence-electron chi connectivity index (χ2n) is 19.2. The molecule has 6 nitrogen and oxygen atoms in total. The summed E-state index contributed by atoms with van der Waals surface area (Å²) in [5.41, 5.74) is 8.25. The van der Waals surface area contributed by atoms with Crippen LogP contribution in [0.3, 0.4) is 0 Å². The van der Waals surface area contributed by atoms with Crippen molar-refractivity contribution in [3.05, 3.63) is 249 Å². The van der Waals surface area contributed by atoms with E-state index in [1.807, 2.05) is 203 Å². The molecule has 0 N–H and O–H groups in total. The van der Waals surface area contributed by atoms with Crippen LogP contribution in [0.1, 0.15) is 129 Å². The predicted octanol–water partition coefficient (Wildman–Crippen LogP) is 27.8. The fraction of sp³-hybridized carbons (Fsp3) is 0.300. The summed E-state index contributed by atoms with van der Waals surface area (Å²) in [7, 11) is 12.0. The van der Waals surface area contributed by atoms with Crippen molar-refractivity contribution in [1.29, 1.82) is 0 Å². The first kappa shape index (κ1) is 84.2. The Kier molecular flexibility index (Phi) is 41.9. The highest BCUT2D eigenvalue weighted by Crippen LogP contribution is 2.29. The van der Waals surface area contributed by atoms with Crippen molar-refractivity contribution < 1.29 is 8.78 Å². The van der Waals surface area contributed by atoms with Gasteiger partial charge in [0.1, 0.15) is 11.6 Å². The molecule has 502 valence electrons. The quantitative estimate of drug-likeness (QED) is 0.165. The van der Waals surface area contributed by atoms with E-state index in [-0.39, 0.29) is 11.6 Å². The van der Waals surface area contributed by atoms with Gasteiger partial charge >= 0.3 is 0 Å². The van der Waals surface area contributed by atoms with E-state index in [4.69, 9.17) is 23.2 Å². The Morgan fingerprint density at radius 3 is 1.29 bits per heavy atom. The number of hydrogen-bond acceptors (Lipinski definition) is 1. The molecule has 0 radical (unpaired) electrons. The van der Waals surface area contributed by atoms with Gasteiger partial charge in [-0.1, -0.05) is 192 Å². The first-order chi connectivity index (χ1) is 45.0. The minimum absolute atomic E-state index is 0.157. The van der Waals surface area contributed by atoms with Crippen LogP contribution in [-0.4, -0.2) is 27.4 Å². The van der Waals surface area contributed by atoms with Gasteiger partial charge < -0.3 is 27.4 Å². The highest BCUT2D eigenvalue weighted by Gasteiger charge is 2.06. The molecule has 0 bridgehead atoms. The summed E-state index contributed by atoms with van der Waals surface area (Å²) < 4.78 is 41.4. The Morgan fingerprint density at radius 1 is 0.398 bits per heavy atom. The molecule has 0 spiro atoms. The third kappa shape index (κ3) is 25.1. The van der Waals surface area contributed by atoms with Crippen molar-refractivity contribution in [1.82, 2.24) is 27.4 Å². The van der Waals surface area contributed by atoms with Gasteiger partial charge in [0.15, 0.2) is 0 Å². The minimum Gasteiger partial charge on any atom is -0.351 e. The molecule has 0 fully saturated rings. The number of para-hydroxylation sites is 2. The van der Waals surface area contributed by atoms with Crippen LogP contribution in [0.15, 0.2) is 221 Å². The molecular weight excluding hydrogens is 1350 g/mol. The van der Waals surface area contributed by atoms with Crippen LogP contribution in [0.25, 0.3) is 75.5 Å². The number of rotatable bonds is 2. The fourth-order valence-corrected chi connectivity index (χ4v) is 11.5. The van der Waals surface area contributed by atoms with E-state index in [2.05, 4.69) is 187 Å². The molecule has 13 heteroatoms. The average Bonchev–Trinajstić information content (AvgIpc) is 2.19. The Hall–Kier alpha value is -6.86. The Bertz CT molecular complexity index is 4030. The van der Waals surface area contributed by atoms with Crippen LogP contribution < -0.4 is 0 Å². The second kappa shape index (κ2) is 46.3. The van der Waals surface area contributed by atoms with E-state index in [1.54, 1.807) is 28.0 Å². The standard InChI is InChI=1S/C13H17N.2C9H8BrN.C9H8ClN.2C9H8FN.C8H5ClS.7C2H6/c1-4-10(2)11-5-6-13-12(9-11)7-8-14(13)3;1-11-5-4-7-6-8(10)2-3-9(7)11;1-11-6-5-7-3-2-4-8(10)9(7)11;2*1-11-5-4-7-6-8(10)2-3-9(7)11;1-11-6-5-7-3-2-4-8(10)9(7)11;9-7-3-1-2-6-4-5-10-8(6)7;7*1-2/h5-10H,4H2,1-3H3;5*2-6H,1H3;1-5H;7*1-2H3. The van der Waals surface area contributed by atoms with Gasteiger partial charge in [0, 0.05) is 142 Å². The zero-order chi connectivity index (χ0) is 70.3. The van der Waals surface area contributed by atoms with E-state index in [9.17, 15) is 8.78 Å². The van der Waals surface area contributed by atoms with Gasteiger partial charge in [-0.15, -0.1) is 11.3 Å². The van der Waals surface area contributed by atoms with Crippen molar-refractivity contribution >= 4 is 142 Å². The van der Waals surface area contributed by atoms with Crippen LogP contribution >= 0.6 is 66.4 Å². The molecule has 7 aromatic heterocycles. The predicted molar refractivity (Wildman–Crippen MR) is 423 cm³/mol. The van der Waals surface area contributed by atoms with Gasteiger partial charge in [0.05, 0.1) is 20.8 Å². The zero-order valence-electron chi connectivity index (χ0n) is 59.4. The summed E-state index contributed by atoms with van der Waals surface area (Å²) >= 11 is 20.3. The average molecular weight is 1450 g/mol. The summed E-state index contributed by atoms with van der Waals surface area (Å²) in [6.45, 7) is 32.5. The van der Waals surface area contributed by atoms with Crippen molar-refractivity contribution in [2.45, 2.75) is 123 Å². The number of benzene rings is 7. The largest absolute Gasteiger partial charge is 0.351 e. The molecule has 0 aliphatic heterocycles. The number of fused-ring (bicyclic) bond motifs is 7. The van der Waals surface area contributed by atoms with Gasteiger partial charge in [0.2, 0.25) is 0 Å². The SMILES string of the molecule is CC.CC.CC.CC.CC.CC.CC.CCC(C)c1ccc2c(ccn2C)c1.Clc1cccc2ccsc12.Cn1ccc2cc(Br)ccc21.Cn1ccc2cc(Cl)ccc21.Cn1ccc2cc(F)ccc21.Cn1ccc2cccc(Br)c21.Cn1ccc2cccc(F)c21. The lowest BCUT2D eigenvalue weighted by atomic mass is 9.98. The van der Waals surface area contributed by atoms with Crippen molar-refractivity contribution in [3.8, 4) is 0 Å². The molecule has 0 aliphatic carbocycles. The summed E-state index contributed by atoms with van der Waals surface area (Å²) in [6, 6.07) is 55.4. The normalized spacial score (nSPS) is 9.94. The summed E-state index contributed by atoms with van der Waals surface area (Å²) in [5.74, 6) is 0.332. The smallest absolute Gasteiger partial charge is 0.147 e. The molecule has 14 aromatic rings. The van der Waals surface area contributed by atoms with Crippen molar-refractivity contribution in [2.75, 3.05) is 0 Å². The van der Waals surface area contributed by atoms with Crippen LogP contribution in [0.4, 0.5) is 8.78 Å². The summed E-state index contributed by atoms with van der Waals surface area (Å²) in [6.07, 6.45) is 13.3. The zero-order valence-corrected chi connectivity index (χ0v) is 64.9. The van der Waals surface area contributed by atoms with Gasteiger partial charge in [0.25, 0.3) is 0 Å². The van der Waals surface area contributed by atoms with E-state index in [0.717, 1.165) is 35.3 Å². The maximum Gasteiger partial charge on any atom is 0.147 e. The molecule has 0 saturated heterocycles. The highest BCUT2D eigenvalue weighted by atomic mass is 79.9. The van der Waals surface area contributed by atoms with E-state index < -0.39 is 0 Å². The number of thiophene rings is 1. The van der Waals surface area contributed by atoms with Crippen molar-refractivity contribution in [2.24, 2.45) is 42.3 Å². The lowest BCUT2D eigenvalue weighted by Gasteiger charge is -2.08. The third-order valence-electron chi connectivity index (χ3n) is 13.8. The van der Waals surface area contributed by atoms with Gasteiger partial charge in [-0.25, -0.2) is 8.78 Å². The first-order valence-electron chi connectivity index (χ1n) is 32.7. The molecular formula is C80H104Br2Cl2F2N6S. The molecule has 1 atom stereocenters. The number of aromatic nitrogens is 6. The maximum atomic E-state index is 13.1. The number of halogens is 6. The van der Waals surface area contributed by atoms with Gasteiger partial charge in [-0.05, 0) is 177 Å². The summed E-state index contributed by atoms with van der Waals surface area (Å²) in [4.78, 5) is 0. The Balaban J connectivity index is 0.000000526. The minimum atomic E-state index is -0.177. The van der Waals surface area contributed by atoms with Crippen LogP contribution in [0.2, 0.25) is 10.0 Å². The third-order valence-corrected chi connectivity index (χ3v) is 16.5. The fourth-order valence-electron chi connectivity index (χ4n) is 9.17. The van der Waals surface area contributed by atoms with E-state index >= 15 is 0 Å². The molecule has 14 rings (SSSR count). The van der Waals surface area contributed by atoms with Crippen LogP contribution in [0.5, 0.6) is 0 Å². The molecule has 0 saturated carbocycles. The molecule has 7 heterocycles. The molecule has 1 unspecified atom stereocenters. The molecule has 0 aliphatic rings. The Labute approximate surface area is 587 Å². The van der Waals surface area contributed by atoms with Gasteiger partial charge in [-0.3, -0.25) is 0 Å². The lowest BCUT2D eigenvalue weighted by Crippen LogP contribution is -1.91. The highest BCUT2D eigenvalue weighted by molar-refractivity contribution is 9.11. The maximum absolute atomic E-state index is 13.1. The first-order valence-corrected chi connectivity index (χ1v) is 35.9. The van der Waals surface area contributed by atoms with Crippen LogP contribution in [0, 0.1) is 11.6 Å². The van der Waals surface area contributed by atoms with E-state index in [1.165, 1.54) is 83.9 Å². The summed E-state index contributed by atoms with van der Waals surface area (Å²) in [5, 5.41) is 11.9. The molecule has 7 aromatic carbocycles. The molecule has 0 amide bonds. The number of hydrogen-bond donors (Lipinski definition) is 0. The van der Waals surface area contributed by atoms with Crippen LogP contribution in [-0.2, 0) is 42.3 Å². The number of aryl methyl sites for hydroxylation is 6. The van der Waals surface area contributed by atoms with E-state index in [0.29, 0.717) is 11.4 Å². The number of nitrogens with zero attached hydrogens (tertiary/aromatic N) is 6. The topological polar surface area (TPSA) is 29.6 Å². The Morgan fingerprint density at radius 2 is 0.796 bits per heavy atom. The van der Waals surface area contributed by atoms with Crippen molar-refractivity contribution in [3.63, 3.8) is 0 Å². The lowest BCUT2D eigenvalue weighted by molar-refractivity contribution is 0.629. The molecule has 93 heavy (non-hydrogen) atoms.